The molecule has 0 spiro atoms. The fourth-order valence-corrected chi connectivity index (χ4v) is 4.38. The number of carbonyl (C=O) groups is 2. The highest BCUT2D eigenvalue weighted by atomic mass is 16.5. The van der Waals surface area contributed by atoms with Crippen molar-refractivity contribution in [2.45, 2.75) is 89.6 Å². The molecule has 0 saturated heterocycles. The van der Waals surface area contributed by atoms with Crippen LogP contribution in [0.2, 0.25) is 0 Å². The van der Waals surface area contributed by atoms with Crippen LogP contribution in [0.1, 0.15) is 89.0 Å². The number of carbonyl (C=O) groups excluding carboxylic acids is 2. The van der Waals surface area contributed by atoms with Crippen LogP contribution in [-0.2, 0) is 19.1 Å². The van der Waals surface area contributed by atoms with Gasteiger partial charge >= 0.3 is 5.97 Å². The highest BCUT2D eigenvalue weighted by Crippen LogP contribution is 2.29. The number of esters is 1. The average Bonchev–Trinajstić information content (AvgIpc) is 2.82. The first-order chi connectivity index (χ1) is 15.6. The van der Waals surface area contributed by atoms with Crippen LogP contribution in [0.15, 0.2) is 42.5 Å². The fourth-order valence-electron chi connectivity index (χ4n) is 4.38. The molecule has 2 aromatic rings. The van der Waals surface area contributed by atoms with Gasteiger partial charge in [-0.05, 0) is 22.8 Å². The molecule has 0 aliphatic carbocycles. The Morgan fingerprint density at radius 2 is 1.44 bits per heavy atom. The SMILES string of the molecule is CCCCCCCCCCCC(CC(=O)C(C(=O)OC)c1cccc2ccccc12)OC. The Morgan fingerprint density at radius 3 is 2.09 bits per heavy atom. The molecule has 2 atom stereocenters. The topological polar surface area (TPSA) is 52.6 Å². The summed E-state index contributed by atoms with van der Waals surface area (Å²) in [6, 6.07) is 13.5. The van der Waals surface area contributed by atoms with Crippen LogP contribution in [0, 0.1) is 0 Å². The van der Waals surface area contributed by atoms with Crippen LogP contribution in [0.25, 0.3) is 10.8 Å². The Kier molecular flexibility index (Phi) is 12.0. The molecule has 0 heterocycles. The van der Waals surface area contributed by atoms with E-state index in [2.05, 4.69) is 6.92 Å². The number of hydrogen-bond donors (Lipinski definition) is 0. The lowest BCUT2D eigenvalue weighted by Crippen LogP contribution is -2.27. The third kappa shape index (κ3) is 8.05. The lowest BCUT2D eigenvalue weighted by molar-refractivity contribution is -0.146. The van der Waals surface area contributed by atoms with Gasteiger partial charge in [0.15, 0.2) is 5.78 Å². The van der Waals surface area contributed by atoms with Gasteiger partial charge in [-0.15, -0.1) is 0 Å². The van der Waals surface area contributed by atoms with Crippen molar-refractivity contribution in [1.82, 2.24) is 0 Å². The fraction of sp³-hybridized carbons (Fsp3) is 0.571. The molecular formula is C28H40O4. The summed E-state index contributed by atoms with van der Waals surface area (Å²) in [5, 5.41) is 1.91. The number of benzene rings is 2. The highest BCUT2D eigenvalue weighted by Gasteiger charge is 2.32. The number of methoxy groups -OCH3 is 2. The summed E-state index contributed by atoms with van der Waals surface area (Å²) in [7, 11) is 2.99. The van der Waals surface area contributed by atoms with Crippen LogP contribution in [0.3, 0.4) is 0 Å². The second-order valence-electron chi connectivity index (χ2n) is 8.67. The van der Waals surface area contributed by atoms with Gasteiger partial charge in [-0.25, -0.2) is 0 Å². The van der Waals surface area contributed by atoms with Gasteiger partial charge in [-0.1, -0.05) is 107 Å². The van der Waals surface area contributed by atoms with Gasteiger partial charge in [0, 0.05) is 13.5 Å². The summed E-state index contributed by atoms with van der Waals surface area (Å²) in [4.78, 5) is 25.8. The predicted octanol–water partition coefficient (Wildman–Crippen LogP) is 6.99. The standard InChI is InChI=1S/C28H40O4/c1-4-5-6-7-8-9-10-11-12-18-23(31-2)21-26(29)27(28(30)32-3)25-20-15-17-22-16-13-14-19-24(22)25/h13-17,19-20,23,27H,4-12,18,21H2,1-3H3. The molecule has 0 aliphatic heterocycles. The van der Waals surface area contributed by atoms with Crippen molar-refractivity contribution in [2.75, 3.05) is 14.2 Å². The minimum absolute atomic E-state index is 0.143. The number of ketones is 1. The van der Waals surface area contributed by atoms with E-state index in [1.165, 1.54) is 52.1 Å². The number of ether oxygens (including phenoxy) is 2. The molecule has 4 heteroatoms. The van der Waals surface area contributed by atoms with E-state index in [1.807, 2.05) is 42.5 Å². The maximum atomic E-state index is 13.2. The summed E-state index contributed by atoms with van der Waals surface area (Å²) in [5.41, 5.74) is 0.706. The summed E-state index contributed by atoms with van der Waals surface area (Å²) in [6.07, 6.45) is 12.2. The molecule has 4 nitrogen and oxygen atoms in total. The largest absolute Gasteiger partial charge is 0.468 e. The maximum Gasteiger partial charge on any atom is 0.320 e. The molecule has 0 bridgehead atoms. The zero-order valence-electron chi connectivity index (χ0n) is 20.1. The van der Waals surface area contributed by atoms with E-state index in [9.17, 15) is 9.59 Å². The summed E-state index contributed by atoms with van der Waals surface area (Å²) >= 11 is 0. The molecule has 0 fully saturated rings. The van der Waals surface area contributed by atoms with E-state index in [4.69, 9.17) is 9.47 Å². The molecule has 2 rings (SSSR count). The molecule has 176 valence electrons. The first kappa shape index (κ1) is 26.1. The van der Waals surface area contributed by atoms with Crippen LogP contribution in [0.5, 0.6) is 0 Å². The van der Waals surface area contributed by atoms with Crippen molar-refractivity contribution in [1.29, 1.82) is 0 Å². The van der Waals surface area contributed by atoms with Gasteiger partial charge in [0.1, 0.15) is 5.92 Å². The van der Waals surface area contributed by atoms with Crippen LogP contribution in [-0.4, -0.2) is 32.1 Å². The molecule has 0 aliphatic rings. The maximum absolute atomic E-state index is 13.2. The van der Waals surface area contributed by atoms with Crippen LogP contribution in [0.4, 0.5) is 0 Å². The average molecular weight is 441 g/mol. The Bertz CT molecular complexity index is 824. The van der Waals surface area contributed by atoms with Crippen molar-refractivity contribution in [3.63, 3.8) is 0 Å². The minimum Gasteiger partial charge on any atom is -0.468 e. The van der Waals surface area contributed by atoms with Gasteiger partial charge in [0.2, 0.25) is 0 Å². The lowest BCUT2D eigenvalue weighted by atomic mass is 9.87. The highest BCUT2D eigenvalue weighted by molar-refractivity contribution is 6.07. The van der Waals surface area contributed by atoms with Crippen molar-refractivity contribution < 1.29 is 19.1 Å². The van der Waals surface area contributed by atoms with Gasteiger partial charge in [0.05, 0.1) is 13.2 Å². The molecule has 2 aromatic carbocycles. The summed E-state index contributed by atoms with van der Waals surface area (Å²) in [5.74, 6) is -1.58. The van der Waals surface area contributed by atoms with Crippen molar-refractivity contribution >= 4 is 22.5 Å². The molecule has 0 saturated carbocycles. The molecule has 0 N–H and O–H groups in total. The quantitative estimate of drug-likeness (QED) is 0.160. The van der Waals surface area contributed by atoms with Crippen molar-refractivity contribution in [3.05, 3.63) is 48.0 Å². The molecule has 2 unspecified atom stereocenters. The van der Waals surface area contributed by atoms with Gasteiger partial charge in [0.25, 0.3) is 0 Å². The van der Waals surface area contributed by atoms with Crippen LogP contribution < -0.4 is 0 Å². The number of unbranched alkanes of at least 4 members (excludes halogenated alkanes) is 8. The number of fused-ring (bicyclic) bond motifs is 1. The van der Waals surface area contributed by atoms with Crippen molar-refractivity contribution in [2.24, 2.45) is 0 Å². The summed E-state index contributed by atoms with van der Waals surface area (Å²) in [6.45, 7) is 2.24. The third-order valence-electron chi connectivity index (χ3n) is 6.29. The first-order valence-electron chi connectivity index (χ1n) is 12.2. The lowest BCUT2D eigenvalue weighted by Gasteiger charge is -2.20. The normalized spacial score (nSPS) is 13.1. The van der Waals surface area contributed by atoms with Gasteiger partial charge in [-0.2, -0.15) is 0 Å². The first-order valence-corrected chi connectivity index (χ1v) is 12.2. The van der Waals surface area contributed by atoms with Crippen LogP contribution >= 0.6 is 0 Å². The Balaban J connectivity index is 1.92. The predicted molar refractivity (Wildman–Crippen MR) is 131 cm³/mol. The Hall–Kier alpha value is -2.20. The monoisotopic (exact) mass is 440 g/mol. The molecule has 0 aromatic heterocycles. The molecular weight excluding hydrogens is 400 g/mol. The minimum atomic E-state index is -0.924. The molecule has 32 heavy (non-hydrogen) atoms. The second-order valence-corrected chi connectivity index (χ2v) is 8.67. The van der Waals surface area contributed by atoms with E-state index in [0.717, 1.165) is 30.0 Å². The second kappa shape index (κ2) is 14.8. The van der Waals surface area contributed by atoms with E-state index >= 15 is 0 Å². The molecule has 0 amide bonds. The Labute approximate surface area is 193 Å². The number of hydrogen-bond acceptors (Lipinski definition) is 4. The van der Waals surface area contributed by atoms with E-state index in [0.29, 0.717) is 5.56 Å². The van der Waals surface area contributed by atoms with Crippen molar-refractivity contribution in [3.8, 4) is 0 Å². The van der Waals surface area contributed by atoms with E-state index in [-0.39, 0.29) is 18.3 Å². The van der Waals surface area contributed by atoms with Gasteiger partial charge in [-0.3, -0.25) is 9.59 Å². The van der Waals surface area contributed by atoms with Gasteiger partial charge < -0.3 is 9.47 Å². The summed E-state index contributed by atoms with van der Waals surface area (Å²) < 4.78 is 10.6. The van der Waals surface area contributed by atoms with E-state index < -0.39 is 11.9 Å². The molecule has 0 radical (unpaired) electrons. The zero-order chi connectivity index (χ0) is 23.2. The zero-order valence-corrected chi connectivity index (χ0v) is 20.1. The Morgan fingerprint density at radius 1 is 0.812 bits per heavy atom. The smallest absolute Gasteiger partial charge is 0.320 e. The number of Topliss-reactive ketones (excluding diaryl/α,β-unsaturated/α-hetero) is 1. The van der Waals surface area contributed by atoms with E-state index in [1.54, 1.807) is 7.11 Å². The number of rotatable bonds is 16. The third-order valence-corrected chi connectivity index (χ3v) is 6.29.